The Balaban J connectivity index is 2.83. The molecule has 0 aliphatic carbocycles. The number of hydrogen-bond donors (Lipinski definition) is 0. The van der Waals surface area contributed by atoms with Crippen molar-refractivity contribution in [2.24, 2.45) is 0 Å². The third kappa shape index (κ3) is 4.18. The van der Waals surface area contributed by atoms with E-state index in [1.807, 2.05) is 35.2 Å². The summed E-state index contributed by atoms with van der Waals surface area (Å²) in [6.07, 6.45) is 3.60. The van der Waals surface area contributed by atoms with E-state index in [4.69, 9.17) is 22.1 Å². The van der Waals surface area contributed by atoms with Crippen LogP contribution < -0.4 is 4.90 Å². The second-order valence-corrected chi connectivity index (χ2v) is 3.74. The van der Waals surface area contributed by atoms with Crippen molar-refractivity contribution in [3.05, 3.63) is 41.4 Å². The molecule has 0 N–H and O–H groups in total. The summed E-state index contributed by atoms with van der Waals surface area (Å²) in [4.78, 5) is 1.97. The molecule has 0 atom stereocenters. The SMILES string of the molecule is N#C/C=C\CN(CCC#N)c1ccccc1Cl. The van der Waals surface area contributed by atoms with Crippen LogP contribution in [0.15, 0.2) is 36.4 Å². The zero-order valence-corrected chi connectivity index (χ0v) is 10.1. The van der Waals surface area contributed by atoms with Crippen LogP contribution in [0, 0.1) is 22.7 Å². The molecule has 0 saturated heterocycles. The summed E-state index contributed by atoms with van der Waals surface area (Å²) in [5, 5.41) is 17.7. The summed E-state index contributed by atoms with van der Waals surface area (Å²) >= 11 is 6.10. The Morgan fingerprint density at radius 1 is 1.29 bits per heavy atom. The van der Waals surface area contributed by atoms with E-state index >= 15 is 0 Å². The Hall–Kier alpha value is -1.97. The molecule has 0 aliphatic heterocycles. The molecule has 0 amide bonds. The van der Waals surface area contributed by atoms with Crippen LogP contribution in [-0.4, -0.2) is 13.1 Å². The first-order chi connectivity index (χ1) is 8.29. The van der Waals surface area contributed by atoms with E-state index < -0.39 is 0 Å². The first-order valence-corrected chi connectivity index (χ1v) is 5.58. The minimum absolute atomic E-state index is 0.422. The third-order valence-corrected chi connectivity index (χ3v) is 2.52. The molecule has 0 spiro atoms. The molecule has 1 aromatic rings. The van der Waals surface area contributed by atoms with Crippen LogP contribution in [0.3, 0.4) is 0 Å². The van der Waals surface area contributed by atoms with Crippen molar-refractivity contribution >= 4 is 17.3 Å². The normalized spacial score (nSPS) is 9.82. The second kappa shape index (κ2) is 7.33. The smallest absolute Gasteiger partial charge is 0.0909 e. The van der Waals surface area contributed by atoms with Crippen LogP contribution in [0.4, 0.5) is 5.69 Å². The first-order valence-electron chi connectivity index (χ1n) is 5.20. The van der Waals surface area contributed by atoms with E-state index in [-0.39, 0.29) is 0 Å². The molecule has 0 aromatic heterocycles. The molecular formula is C13H12ClN3. The van der Waals surface area contributed by atoms with E-state index in [2.05, 4.69) is 6.07 Å². The standard InChI is InChI=1S/C13H12ClN3/c14-12-6-1-2-7-13(12)17(11-5-9-16)10-4-3-8-15/h1-4,6-7H,5,10-11H2/b4-3-. The van der Waals surface area contributed by atoms with Gasteiger partial charge in [0.05, 0.1) is 29.3 Å². The molecule has 3 nitrogen and oxygen atoms in total. The highest BCUT2D eigenvalue weighted by Crippen LogP contribution is 2.25. The van der Waals surface area contributed by atoms with Gasteiger partial charge in [0, 0.05) is 19.2 Å². The molecule has 0 heterocycles. The molecule has 0 saturated carbocycles. The van der Waals surface area contributed by atoms with Gasteiger partial charge in [0.2, 0.25) is 0 Å². The Morgan fingerprint density at radius 2 is 2.06 bits per heavy atom. The number of rotatable bonds is 5. The van der Waals surface area contributed by atoms with Crippen LogP contribution in [-0.2, 0) is 0 Å². The van der Waals surface area contributed by atoms with Gasteiger partial charge in [0.1, 0.15) is 0 Å². The van der Waals surface area contributed by atoms with Crippen LogP contribution >= 0.6 is 11.6 Å². The van der Waals surface area contributed by atoms with Gasteiger partial charge in [-0.2, -0.15) is 10.5 Å². The van der Waals surface area contributed by atoms with Crippen molar-refractivity contribution in [2.75, 3.05) is 18.0 Å². The minimum atomic E-state index is 0.422. The van der Waals surface area contributed by atoms with Gasteiger partial charge in [0.15, 0.2) is 0 Å². The minimum Gasteiger partial charge on any atom is -0.366 e. The van der Waals surface area contributed by atoms with E-state index in [1.54, 1.807) is 6.08 Å². The van der Waals surface area contributed by atoms with E-state index in [9.17, 15) is 0 Å². The van der Waals surface area contributed by atoms with Crippen LogP contribution in [0.2, 0.25) is 5.02 Å². The average molecular weight is 246 g/mol. The quantitative estimate of drug-likeness (QED) is 0.749. The van der Waals surface area contributed by atoms with Crippen molar-refractivity contribution in [1.82, 2.24) is 0 Å². The van der Waals surface area contributed by atoms with E-state index in [0.29, 0.717) is 24.5 Å². The van der Waals surface area contributed by atoms with Gasteiger partial charge in [0.25, 0.3) is 0 Å². The second-order valence-electron chi connectivity index (χ2n) is 3.34. The molecule has 86 valence electrons. The largest absolute Gasteiger partial charge is 0.366 e. The molecular weight excluding hydrogens is 234 g/mol. The van der Waals surface area contributed by atoms with Crippen molar-refractivity contribution in [1.29, 1.82) is 10.5 Å². The Bertz CT molecular complexity index is 468. The lowest BCUT2D eigenvalue weighted by atomic mass is 10.2. The fourth-order valence-electron chi connectivity index (χ4n) is 1.44. The molecule has 0 aliphatic rings. The monoisotopic (exact) mass is 245 g/mol. The number of halogens is 1. The van der Waals surface area contributed by atoms with Gasteiger partial charge >= 0.3 is 0 Å². The van der Waals surface area contributed by atoms with Gasteiger partial charge in [-0.1, -0.05) is 29.8 Å². The number of benzene rings is 1. The lowest BCUT2D eigenvalue weighted by molar-refractivity contribution is 0.858. The zero-order valence-electron chi connectivity index (χ0n) is 9.31. The summed E-state index contributed by atoms with van der Waals surface area (Å²) in [7, 11) is 0. The highest BCUT2D eigenvalue weighted by molar-refractivity contribution is 6.33. The van der Waals surface area contributed by atoms with Crippen molar-refractivity contribution < 1.29 is 0 Å². The highest BCUT2D eigenvalue weighted by Gasteiger charge is 2.07. The van der Waals surface area contributed by atoms with Crippen molar-refractivity contribution in [3.63, 3.8) is 0 Å². The van der Waals surface area contributed by atoms with Gasteiger partial charge in [-0.05, 0) is 12.1 Å². The number of hydrogen-bond acceptors (Lipinski definition) is 3. The molecule has 1 rings (SSSR count). The number of anilines is 1. The van der Waals surface area contributed by atoms with Crippen molar-refractivity contribution in [3.8, 4) is 12.1 Å². The lowest BCUT2D eigenvalue weighted by Crippen LogP contribution is -2.24. The third-order valence-electron chi connectivity index (χ3n) is 2.20. The topological polar surface area (TPSA) is 50.8 Å². The molecule has 17 heavy (non-hydrogen) atoms. The maximum atomic E-state index is 8.62. The van der Waals surface area contributed by atoms with Gasteiger partial charge in [-0.15, -0.1) is 0 Å². The molecule has 0 unspecified atom stereocenters. The summed E-state index contributed by atoms with van der Waals surface area (Å²) < 4.78 is 0. The van der Waals surface area contributed by atoms with Crippen LogP contribution in [0.1, 0.15) is 6.42 Å². The highest BCUT2D eigenvalue weighted by atomic mass is 35.5. The average Bonchev–Trinajstić information content (AvgIpc) is 2.35. The Labute approximate surface area is 106 Å². The molecule has 0 bridgehead atoms. The predicted molar refractivity (Wildman–Crippen MR) is 68.6 cm³/mol. The maximum absolute atomic E-state index is 8.62. The summed E-state index contributed by atoms with van der Waals surface area (Å²) in [6.45, 7) is 1.16. The first kappa shape index (κ1) is 13.1. The zero-order chi connectivity index (χ0) is 12.5. The Kier molecular flexibility index (Phi) is 5.64. The van der Waals surface area contributed by atoms with Crippen molar-refractivity contribution in [2.45, 2.75) is 6.42 Å². The predicted octanol–water partition coefficient (Wildman–Crippen LogP) is 3.14. The molecule has 0 radical (unpaired) electrons. The summed E-state index contributed by atoms with van der Waals surface area (Å²) in [5.41, 5.74) is 0.881. The molecule has 4 heteroatoms. The van der Waals surface area contributed by atoms with E-state index in [1.165, 1.54) is 6.08 Å². The van der Waals surface area contributed by atoms with Crippen LogP contribution in [0.5, 0.6) is 0 Å². The lowest BCUT2D eigenvalue weighted by Gasteiger charge is -2.23. The molecule has 1 aromatic carbocycles. The fourth-order valence-corrected chi connectivity index (χ4v) is 1.69. The number of nitrogens with zero attached hydrogens (tertiary/aromatic N) is 3. The summed E-state index contributed by atoms with van der Waals surface area (Å²) in [5.74, 6) is 0. The van der Waals surface area contributed by atoms with E-state index in [0.717, 1.165) is 5.69 Å². The molecule has 0 fully saturated rings. The number of para-hydroxylation sites is 1. The number of nitriles is 2. The number of allylic oxidation sites excluding steroid dienone is 1. The summed E-state index contributed by atoms with van der Waals surface area (Å²) in [6, 6.07) is 11.5. The van der Waals surface area contributed by atoms with Crippen LogP contribution in [0.25, 0.3) is 0 Å². The van der Waals surface area contributed by atoms with Gasteiger partial charge in [-0.3, -0.25) is 0 Å². The van der Waals surface area contributed by atoms with Gasteiger partial charge < -0.3 is 4.90 Å². The maximum Gasteiger partial charge on any atom is 0.0909 e. The Morgan fingerprint density at radius 3 is 2.71 bits per heavy atom. The van der Waals surface area contributed by atoms with Gasteiger partial charge in [-0.25, -0.2) is 0 Å². The fraction of sp³-hybridized carbons (Fsp3) is 0.231.